The molecule has 0 aliphatic carbocycles. The summed E-state index contributed by atoms with van der Waals surface area (Å²) >= 11 is 0. The van der Waals surface area contributed by atoms with Crippen LogP contribution in [-0.4, -0.2) is 15.3 Å². The molecule has 5 nitrogen and oxygen atoms in total. The summed E-state index contributed by atoms with van der Waals surface area (Å²) in [6.45, 7) is 3.90. The van der Waals surface area contributed by atoms with E-state index in [0.29, 0.717) is 17.4 Å². The van der Waals surface area contributed by atoms with Crippen molar-refractivity contribution < 1.29 is 19.7 Å². The Kier molecular flexibility index (Phi) is 4.23. The summed E-state index contributed by atoms with van der Waals surface area (Å²) in [6, 6.07) is 6.95. The highest BCUT2D eigenvalue weighted by atomic mass is 16.3. The normalized spacial score (nSPS) is 10.8. The third-order valence-electron chi connectivity index (χ3n) is 3.95. The lowest BCUT2D eigenvalue weighted by molar-refractivity contribution is 0.451. The Bertz CT molecular complexity index is 1040. The van der Waals surface area contributed by atoms with E-state index in [1.165, 1.54) is 30.5 Å². The van der Waals surface area contributed by atoms with Crippen molar-refractivity contribution in [3.63, 3.8) is 0 Å². The highest BCUT2D eigenvalue weighted by Gasteiger charge is 2.16. The second kappa shape index (κ2) is 6.36. The molecule has 0 atom stereocenters. The van der Waals surface area contributed by atoms with Crippen LogP contribution < -0.4 is 5.43 Å². The van der Waals surface area contributed by atoms with E-state index in [0.717, 1.165) is 5.57 Å². The van der Waals surface area contributed by atoms with Gasteiger partial charge in [-0.15, -0.1) is 0 Å². The van der Waals surface area contributed by atoms with E-state index in [1.54, 1.807) is 6.07 Å². The maximum absolute atomic E-state index is 13.0. The molecular weight excluding hydrogens is 320 g/mol. The Morgan fingerprint density at radius 1 is 1.04 bits per heavy atom. The zero-order chi connectivity index (χ0) is 18.1. The number of phenols is 3. The minimum Gasteiger partial charge on any atom is -0.508 e. The summed E-state index contributed by atoms with van der Waals surface area (Å²) in [4.78, 5) is 13.0. The van der Waals surface area contributed by atoms with Gasteiger partial charge in [0, 0.05) is 17.7 Å². The monoisotopic (exact) mass is 338 g/mol. The van der Waals surface area contributed by atoms with Crippen molar-refractivity contribution in [1.82, 2.24) is 0 Å². The molecule has 2 aromatic carbocycles. The first-order valence-electron chi connectivity index (χ1n) is 7.80. The number of fused-ring (bicyclic) bond motifs is 1. The Hall–Kier alpha value is -3.21. The van der Waals surface area contributed by atoms with E-state index >= 15 is 0 Å². The van der Waals surface area contributed by atoms with E-state index in [2.05, 4.69) is 0 Å². The number of hydrogen-bond donors (Lipinski definition) is 3. The second-order valence-electron chi connectivity index (χ2n) is 6.14. The van der Waals surface area contributed by atoms with Crippen LogP contribution in [0.2, 0.25) is 0 Å². The van der Waals surface area contributed by atoms with Crippen molar-refractivity contribution >= 4 is 11.0 Å². The van der Waals surface area contributed by atoms with Crippen LogP contribution in [0.5, 0.6) is 17.2 Å². The fraction of sp³-hybridized carbons (Fsp3) is 0.150. The fourth-order valence-electron chi connectivity index (χ4n) is 2.73. The minimum atomic E-state index is -0.306. The maximum atomic E-state index is 13.0. The molecule has 1 heterocycles. The van der Waals surface area contributed by atoms with E-state index in [9.17, 15) is 20.1 Å². The standard InChI is InChI=1S/C20H18O5/c1-11(2)3-4-12-7-14(22)9-18-19(12)20(24)16(10-25-18)15-6-5-13(21)8-17(15)23/h3,5-10,21-23H,4H2,1-2H3. The molecule has 0 aliphatic rings. The van der Waals surface area contributed by atoms with Gasteiger partial charge in [-0.3, -0.25) is 4.79 Å². The van der Waals surface area contributed by atoms with E-state index in [4.69, 9.17) is 4.42 Å². The van der Waals surface area contributed by atoms with Crippen molar-refractivity contribution in [3.8, 4) is 28.4 Å². The molecule has 3 N–H and O–H groups in total. The summed E-state index contributed by atoms with van der Waals surface area (Å²) < 4.78 is 5.54. The third kappa shape index (κ3) is 3.21. The van der Waals surface area contributed by atoms with Crippen LogP contribution in [0.15, 0.2) is 57.5 Å². The molecule has 0 amide bonds. The first-order chi connectivity index (χ1) is 11.9. The lowest BCUT2D eigenvalue weighted by Gasteiger charge is -2.09. The average Bonchev–Trinajstić information content (AvgIpc) is 2.53. The van der Waals surface area contributed by atoms with Gasteiger partial charge in [0.05, 0.1) is 10.9 Å². The lowest BCUT2D eigenvalue weighted by Crippen LogP contribution is -2.07. The van der Waals surface area contributed by atoms with Crippen LogP contribution in [-0.2, 0) is 6.42 Å². The molecule has 0 radical (unpaired) electrons. The Morgan fingerprint density at radius 2 is 1.80 bits per heavy atom. The van der Waals surface area contributed by atoms with Gasteiger partial charge in [0.1, 0.15) is 29.1 Å². The van der Waals surface area contributed by atoms with Gasteiger partial charge in [0.15, 0.2) is 0 Å². The van der Waals surface area contributed by atoms with Crippen molar-refractivity contribution in [1.29, 1.82) is 0 Å². The molecule has 0 saturated heterocycles. The smallest absolute Gasteiger partial charge is 0.200 e. The summed E-state index contributed by atoms with van der Waals surface area (Å²) in [6.07, 6.45) is 3.68. The van der Waals surface area contributed by atoms with Crippen LogP contribution in [0.3, 0.4) is 0 Å². The number of hydrogen-bond acceptors (Lipinski definition) is 5. The molecule has 5 heteroatoms. The Balaban J connectivity index is 2.29. The number of benzene rings is 2. The van der Waals surface area contributed by atoms with Crippen molar-refractivity contribution in [2.75, 3.05) is 0 Å². The topological polar surface area (TPSA) is 90.9 Å². The van der Waals surface area contributed by atoms with E-state index in [1.807, 2.05) is 19.9 Å². The number of phenolic OH excluding ortho intramolecular Hbond substituents is 3. The van der Waals surface area contributed by atoms with Crippen LogP contribution in [0.25, 0.3) is 22.1 Å². The van der Waals surface area contributed by atoms with Gasteiger partial charge in [-0.2, -0.15) is 0 Å². The summed E-state index contributed by atoms with van der Waals surface area (Å²) in [7, 11) is 0. The third-order valence-corrected chi connectivity index (χ3v) is 3.95. The first kappa shape index (κ1) is 16.6. The van der Waals surface area contributed by atoms with E-state index < -0.39 is 0 Å². The second-order valence-corrected chi connectivity index (χ2v) is 6.14. The molecule has 0 fully saturated rings. The highest BCUT2D eigenvalue weighted by molar-refractivity contribution is 5.87. The van der Waals surface area contributed by atoms with Crippen molar-refractivity contribution in [3.05, 3.63) is 64.0 Å². The predicted molar refractivity (Wildman–Crippen MR) is 96.0 cm³/mol. The lowest BCUT2D eigenvalue weighted by atomic mass is 9.99. The fourth-order valence-corrected chi connectivity index (χ4v) is 2.73. The van der Waals surface area contributed by atoms with Crippen LogP contribution in [0.4, 0.5) is 0 Å². The maximum Gasteiger partial charge on any atom is 0.200 e. The molecular formula is C20H18O5. The van der Waals surface area contributed by atoms with Gasteiger partial charge in [0.2, 0.25) is 5.43 Å². The predicted octanol–water partition coefficient (Wildman–Crippen LogP) is 4.09. The van der Waals surface area contributed by atoms with Crippen LogP contribution in [0.1, 0.15) is 19.4 Å². The zero-order valence-electron chi connectivity index (χ0n) is 13.9. The summed E-state index contributed by atoms with van der Waals surface area (Å²) in [5.41, 5.74) is 2.17. The summed E-state index contributed by atoms with van der Waals surface area (Å²) in [5, 5.41) is 29.7. The molecule has 0 saturated carbocycles. The molecule has 3 aromatic rings. The molecule has 0 aliphatic heterocycles. The van der Waals surface area contributed by atoms with Gasteiger partial charge in [-0.25, -0.2) is 0 Å². The summed E-state index contributed by atoms with van der Waals surface area (Å²) in [5.74, 6) is -0.287. The Morgan fingerprint density at radius 3 is 2.48 bits per heavy atom. The quantitative estimate of drug-likeness (QED) is 0.626. The molecule has 0 spiro atoms. The zero-order valence-corrected chi connectivity index (χ0v) is 13.9. The van der Waals surface area contributed by atoms with Gasteiger partial charge in [-0.05, 0) is 44.0 Å². The highest BCUT2D eigenvalue weighted by Crippen LogP contribution is 2.32. The van der Waals surface area contributed by atoms with Crippen molar-refractivity contribution in [2.24, 2.45) is 0 Å². The van der Waals surface area contributed by atoms with E-state index in [-0.39, 0.29) is 39.4 Å². The molecule has 3 rings (SSSR count). The molecule has 1 aromatic heterocycles. The molecule has 128 valence electrons. The number of rotatable bonds is 3. The van der Waals surface area contributed by atoms with Crippen LogP contribution >= 0.6 is 0 Å². The largest absolute Gasteiger partial charge is 0.508 e. The number of aromatic hydroxyl groups is 3. The molecule has 0 bridgehead atoms. The first-order valence-corrected chi connectivity index (χ1v) is 7.80. The van der Waals surface area contributed by atoms with Gasteiger partial charge in [-0.1, -0.05) is 11.6 Å². The average molecular weight is 338 g/mol. The SMILES string of the molecule is CC(C)=CCc1cc(O)cc2occ(-c3ccc(O)cc3O)c(=O)c12. The minimum absolute atomic E-state index is 0.0213. The van der Waals surface area contributed by atoms with Crippen LogP contribution in [0, 0.1) is 0 Å². The molecule has 25 heavy (non-hydrogen) atoms. The molecule has 0 unspecified atom stereocenters. The van der Waals surface area contributed by atoms with Crippen molar-refractivity contribution in [2.45, 2.75) is 20.3 Å². The Labute approximate surface area is 144 Å². The number of allylic oxidation sites excluding steroid dienone is 2. The van der Waals surface area contributed by atoms with Gasteiger partial charge >= 0.3 is 0 Å². The van der Waals surface area contributed by atoms with Gasteiger partial charge < -0.3 is 19.7 Å². The van der Waals surface area contributed by atoms with Gasteiger partial charge in [0.25, 0.3) is 0 Å².